The van der Waals surface area contributed by atoms with E-state index in [-0.39, 0.29) is 17.8 Å². The highest BCUT2D eigenvalue weighted by Gasteiger charge is 2.25. The first-order chi connectivity index (χ1) is 16.4. The summed E-state index contributed by atoms with van der Waals surface area (Å²) in [5, 5.41) is 9.39. The van der Waals surface area contributed by atoms with E-state index in [0.717, 1.165) is 22.3 Å². The second-order valence-electron chi connectivity index (χ2n) is 8.52. The van der Waals surface area contributed by atoms with E-state index < -0.39 is 5.91 Å². The maximum absolute atomic E-state index is 12.6. The van der Waals surface area contributed by atoms with Gasteiger partial charge in [-0.15, -0.1) is 0 Å². The van der Waals surface area contributed by atoms with Crippen molar-refractivity contribution in [2.24, 2.45) is 11.5 Å². The molecule has 3 aromatic rings. The molecule has 0 atom stereocenters. The molecule has 176 valence electrons. The summed E-state index contributed by atoms with van der Waals surface area (Å²) in [6.07, 6.45) is 1.53. The summed E-state index contributed by atoms with van der Waals surface area (Å²) in [5.41, 5.74) is 15.4. The zero-order chi connectivity index (χ0) is 24.1. The molecular weight excluding hydrogens is 430 g/mol. The first-order valence-corrected chi connectivity index (χ1v) is 11.4. The minimum atomic E-state index is -0.545. The van der Waals surface area contributed by atoms with Gasteiger partial charge in [0.25, 0.3) is 5.91 Å². The molecule has 0 bridgehead atoms. The van der Waals surface area contributed by atoms with E-state index >= 15 is 0 Å². The van der Waals surface area contributed by atoms with E-state index in [1.165, 1.54) is 0 Å². The van der Waals surface area contributed by atoms with Crippen molar-refractivity contribution in [2.75, 3.05) is 13.1 Å². The number of carbonyl (C=O) groups is 2. The van der Waals surface area contributed by atoms with Crippen molar-refractivity contribution in [1.29, 1.82) is 0 Å². The molecule has 0 spiro atoms. The van der Waals surface area contributed by atoms with Crippen molar-refractivity contribution < 1.29 is 19.4 Å². The Morgan fingerprint density at radius 1 is 0.912 bits per heavy atom. The van der Waals surface area contributed by atoms with E-state index in [0.29, 0.717) is 50.2 Å². The number of phenolic OH excluding ortho intramolecular Hbond substituents is 1. The van der Waals surface area contributed by atoms with Gasteiger partial charge in [0, 0.05) is 32.5 Å². The van der Waals surface area contributed by atoms with E-state index in [4.69, 9.17) is 16.2 Å². The Labute approximate surface area is 198 Å². The van der Waals surface area contributed by atoms with Gasteiger partial charge >= 0.3 is 0 Å². The largest absolute Gasteiger partial charge is 0.508 e. The third-order valence-corrected chi connectivity index (χ3v) is 6.15. The molecule has 1 aliphatic heterocycles. The molecule has 0 aliphatic carbocycles. The molecule has 5 N–H and O–H groups in total. The van der Waals surface area contributed by atoms with Crippen molar-refractivity contribution in [3.8, 4) is 22.6 Å². The second-order valence-corrected chi connectivity index (χ2v) is 8.52. The zero-order valence-electron chi connectivity index (χ0n) is 18.9. The number of primary amides is 1. The van der Waals surface area contributed by atoms with E-state index in [9.17, 15) is 14.7 Å². The molecule has 2 amide bonds. The van der Waals surface area contributed by atoms with Crippen molar-refractivity contribution in [3.05, 3.63) is 83.4 Å². The number of phenols is 1. The zero-order valence-corrected chi connectivity index (χ0v) is 18.9. The Hall–Kier alpha value is -3.84. The first-order valence-electron chi connectivity index (χ1n) is 11.4. The lowest BCUT2D eigenvalue weighted by Crippen LogP contribution is -2.42. The van der Waals surface area contributed by atoms with Gasteiger partial charge < -0.3 is 26.2 Å². The number of piperidine rings is 1. The number of benzene rings is 3. The fraction of sp³-hybridized carbons (Fsp3) is 0.259. The van der Waals surface area contributed by atoms with Crippen LogP contribution in [0.3, 0.4) is 0 Å². The van der Waals surface area contributed by atoms with Gasteiger partial charge in [-0.3, -0.25) is 9.59 Å². The summed E-state index contributed by atoms with van der Waals surface area (Å²) in [5.74, 6) is 0.148. The Kier molecular flexibility index (Phi) is 7.13. The molecule has 0 saturated carbocycles. The van der Waals surface area contributed by atoms with Crippen molar-refractivity contribution in [3.63, 3.8) is 0 Å². The number of hydrogen-bond donors (Lipinski definition) is 3. The standard InChI is InChI=1S/C27H29N3O4/c28-17-19-1-5-20(6-2-19)21-7-10-25(24(16-21)27(29)33)34-23-11-13-30(14-12-23)26(32)15-18-3-8-22(31)9-4-18/h1-10,16,23,31H,11-15,17,28H2,(H2,29,33). The normalized spacial score (nSPS) is 14.1. The summed E-state index contributed by atoms with van der Waals surface area (Å²) < 4.78 is 6.15. The third kappa shape index (κ3) is 5.55. The van der Waals surface area contributed by atoms with Crippen LogP contribution in [0, 0.1) is 0 Å². The first kappa shape index (κ1) is 23.3. The second kappa shape index (κ2) is 10.4. The molecule has 7 heteroatoms. The topological polar surface area (TPSA) is 119 Å². The molecule has 1 fully saturated rings. The van der Waals surface area contributed by atoms with Crippen LogP contribution in [-0.2, 0) is 17.8 Å². The van der Waals surface area contributed by atoms with Gasteiger partial charge in [-0.1, -0.05) is 42.5 Å². The Bertz CT molecular complexity index is 1150. The van der Waals surface area contributed by atoms with Gasteiger partial charge in [0.2, 0.25) is 5.91 Å². The molecular formula is C27H29N3O4. The Morgan fingerprint density at radius 2 is 1.53 bits per heavy atom. The van der Waals surface area contributed by atoms with Crippen molar-refractivity contribution in [2.45, 2.75) is 31.9 Å². The smallest absolute Gasteiger partial charge is 0.252 e. The van der Waals surface area contributed by atoms with Gasteiger partial charge in [0.15, 0.2) is 0 Å². The summed E-state index contributed by atoms with van der Waals surface area (Å²) in [6.45, 7) is 1.64. The quantitative estimate of drug-likeness (QED) is 0.501. The van der Waals surface area contributed by atoms with Crippen LogP contribution in [0.15, 0.2) is 66.7 Å². The van der Waals surface area contributed by atoms with Gasteiger partial charge in [-0.05, 0) is 46.5 Å². The highest BCUT2D eigenvalue weighted by atomic mass is 16.5. The minimum absolute atomic E-state index is 0.0481. The molecule has 1 heterocycles. The molecule has 0 aromatic heterocycles. The fourth-order valence-corrected chi connectivity index (χ4v) is 4.14. The van der Waals surface area contributed by atoms with Crippen molar-refractivity contribution >= 4 is 11.8 Å². The van der Waals surface area contributed by atoms with Gasteiger partial charge in [0.1, 0.15) is 17.6 Å². The summed E-state index contributed by atoms with van der Waals surface area (Å²) in [4.78, 5) is 26.6. The molecule has 4 rings (SSSR count). The van der Waals surface area contributed by atoms with Crippen LogP contribution in [-0.4, -0.2) is 41.0 Å². The van der Waals surface area contributed by atoms with Crippen LogP contribution in [0.2, 0.25) is 0 Å². The van der Waals surface area contributed by atoms with Crippen LogP contribution in [0.4, 0.5) is 0 Å². The van der Waals surface area contributed by atoms with Gasteiger partial charge in [0.05, 0.1) is 12.0 Å². The number of nitrogens with zero attached hydrogens (tertiary/aromatic N) is 1. The minimum Gasteiger partial charge on any atom is -0.508 e. The van der Waals surface area contributed by atoms with Crippen LogP contribution in [0.5, 0.6) is 11.5 Å². The molecule has 1 saturated heterocycles. The third-order valence-electron chi connectivity index (χ3n) is 6.15. The number of likely N-dealkylation sites (tertiary alicyclic amines) is 1. The SMILES string of the molecule is NCc1ccc(-c2ccc(OC3CCN(C(=O)Cc4ccc(O)cc4)CC3)c(C(N)=O)c2)cc1. The number of amides is 2. The Morgan fingerprint density at radius 3 is 2.15 bits per heavy atom. The highest BCUT2D eigenvalue weighted by Crippen LogP contribution is 2.29. The van der Waals surface area contributed by atoms with E-state index in [2.05, 4.69) is 0 Å². The van der Waals surface area contributed by atoms with Gasteiger partial charge in [-0.25, -0.2) is 0 Å². The predicted octanol–water partition coefficient (Wildman–Crippen LogP) is 3.23. The number of rotatable bonds is 7. The number of aromatic hydroxyl groups is 1. The molecule has 3 aromatic carbocycles. The van der Waals surface area contributed by atoms with Crippen LogP contribution >= 0.6 is 0 Å². The summed E-state index contributed by atoms with van der Waals surface area (Å²) in [7, 11) is 0. The summed E-state index contributed by atoms with van der Waals surface area (Å²) >= 11 is 0. The number of carbonyl (C=O) groups excluding carboxylic acids is 2. The monoisotopic (exact) mass is 459 g/mol. The van der Waals surface area contributed by atoms with E-state index in [1.807, 2.05) is 35.2 Å². The Balaban J connectivity index is 1.38. The van der Waals surface area contributed by atoms with Crippen LogP contribution in [0.25, 0.3) is 11.1 Å². The average molecular weight is 460 g/mol. The van der Waals surface area contributed by atoms with Crippen molar-refractivity contribution in [1.82, 2.24) is 4.90 Å². The predicted molar refractivity (Wildman–Crippen MR) is 130 cm³/mol. The molecule has 34 heavy (non-hydrogen) atoms. The van der Waals surface area contributed by atoms with Crippen LogP contribution in [0.1, 0.15) is 34.3 Å². The average Bonchev–Trinajstić information content (AvgIpc) is 2.86. The maximum Gasteiger partial charge on any atom is 0.252 e. The summed E-state index contributed by atoms with van der Waals surface area (Å²) in [6, 6.07) is 20.0. The maximum atomic E-state index is 12.6. The lowest BCUT2D eigenvalue weighted by Gasteiger charge is -2.32. The molecule has 0 radical (unpaired) electrons. The molecule has 1 aliphatic rings. The van der Waals surface area contributed by atoms with Gasteiger partial charge in [-0.2, -0.15) is 0 Å². The fourth-order valence-electron chi connectivity index (χ4n) is 4.14. The van der Waals surface area contributed by atoms with Crippen LogP contribution < -0.4 is 16.2 Å². The molecule has 0 unspecified atom stereocenters. The number of ether oxygens (including phenoxy) is 1. The number of nitrogens with two attached hydrogens (primary N) is 2. The highest BCUT2D eigenvalue weighted by molar-refractivity contribution is 5.97. The van der Waals surface area contributed by atoms with E-state index in [1.54, 1.807) is 36.4 Å². The lowest BCUT2D eigenvalue weighted by molar-refractivity contribution is -0.132. The lowest BCUT2D eigenvalue weighted by atomic mass is 10.0. The number of hydrogen-bond acceptors (Lipinski definition) is 5. The molecule has 7 nitrogen and oxygen atoms in total.